The van der Waals surface area contributed by atoms with E-state index < -0.39 is 0 Å². The Morgan fingerprint density at radius 3 is 2.71 bits per heavy atom. The molecule has 0 saturated carbocycles. The maximum absolute atomic E-state index is 4.44. The molecule has 1 atom stereocenters. The van der Waals surface area contributed by atoms with E-state index in [9.17, 15) is 0 Å². The molecule has 1 unspecified atom stereocenters. The SMILES string of the molecule is CN=C(NCc1nccn1CC(C)C)NC(C)c1ccccc1Br. The number of aliphatic imine (C=N–C) groups is 1. The summed E-state index contributed by atoms with van der Waals surface area (Å²) in [6.45, 7) is 8.14. The molecular weight excluding hydrogens is 366 g/mol. The highest BCUT2D eigenvalue weighted by atomic mass is 79.9. The van der Waals surface area contributed by atoms with Crippen LogP contribution in [0.25, 0.3) is 0 Å². The lowest BCUT2D eigenvalue weighted by Gasteiger charge is -2.19. The minimum Gasteiger partial charge on any atom is -0.350 e. The fraction of sp³-hybridized carbons (Fsp3) is 0.444. The van der Waals surface area contributed by atoms with Crippen LogP contribution in [0.5, 0.6) is 0 Å². The number of imidazole rings is 1. The van der Waals surface area contributed by atoms with Gasteiger partial charge in [-0.2, -0.15) is 0 Å². The first kappa shape index (κ1) is 18.5. The number of aromatic nitrogens is 2. The molecule has 1 aromatic carbocycles. The van der Waals surface area contributed by atoms with Crippen LogP contribution in [0.15, 0.2) is 46.1 Å². The molecule has 130 valence electrons. The lowest BCUT2D eigenvalue weighted by Crippen LogP contribution is -2.38. The van der Waals surface area contributed by atoms with Gasteiger partial charge in [0, 0.05) is 30.5 Å². The average Bonchev–Trinajstić information content (AvgIpc) is 2.98. The van der Waals surface area contributed by atoms with Crippen molar-refractivity contribution >= 4 is 21.9 Å². The van der Waals surface area contributed by atoms with Gasteiger partial charge in [-0.05, 0) is 24.5 Å². The molecule has 0 bridgehead atoms. The van der Waals surface area contributed by atoms with E-state index in [2.05, 4.69) is 67.9 Å². The molecule has 0 saturated heterocycles. The zero-order chi connectivity index (χ0) is 17.5. The van der Waals surface area contributed by atoms with Gasteiger partial charge in [-0.3, -0.25) is 4.99 Å². The number of benzene rings is 1. The van der Waals surface area contributed by atoms with E-state index in [0.29, 0.717) is 12.5 Å². The van der Waals surface area contributed by atoms with Gasteiger partial charge in [0.1, 0.15) is 5.82 Å². The minimum atomic E-state index is 0.141. The molecule has 0 fully saturated rings. The van der Waals surface area contributed by atoms with Gasteiger partial charge in [-0.25, -0.2) is 4.98 Å². The van der Waals surface area contributed by atoms with Gasteiger partial charge in [0.25, 0.3) is 0 Å². The van der Waals surface area contributed by atoms with Crippen LogP contribution in [0, 0.1) is 5.92 Å². The second-order valence-electron chi connectivity index (χ2n) is 6.20. The third-order valence-corrected chi connectivity index (χ3v) is 4.45. The van der Waals surface area contributed by atoms with Gasteiger partial charge in [0.05, 0.1) is 12.6 Å². The fourth-order valence-corrected chi connectivity index (χ4v) is 3.16. The number of nitrogens with zero attached hydrogens (tertiary/aromatic N) is 3. The van der Waals surface area contributed by atoms with Gasteiger partial charge in [-0.15, -0.1) is 0 Å². The number of halogens is 1. The fourth-order valence-electron chi connectivity index (χ4n) is 2.53. The van der Waals surface area contributed by atoms with E-state index in [1.165, 1.54) is 5.56 Å². The van der Waals surface area contributed by atoms with Gasteiger partial charge in [0.15, 0.2) is 5.96 Å². The first-order valence-corrected chi connectivity index (χ1v) is 9.02. The second-order valence-corrected chi connectivity index (χ2v) is 7.06. The smallest absolute Gasteiger partial charge is 0.191 e. The maximum atomic E-state index is 4.44. The van der Waals surface area contributed by atoms with E-state index in [1.54, 1.807) is 7.05 Å². The van der Waals surface area contributed by atoms with Crippen molar-refractivity contribution in [2.45, 2.75) is 39.9 Å². The van der Waals surface area contributed by atoms with Crippen LogP contribution >= 0.6 is 15.9 Å². The number of nitrogens with one attached hydrogen (secondary N) is 2. The Kier molecular flexibility index (Phi) is 6.85. The standard InChI is InChI=1S/C18H26BrN5/c1-13(2)12-24-10-9-21-17(24)11-22-18(20-4)23-14(3)15-7-5-6-8-16(15)19/h5-10,13-14H,11-12H2,1-4H3,(H2,20,22,23). The molecule has 1 aromatic heterocycles. The Hall–Kier alpha value is -1.82. The molecule has 2 aromatic rings. The Bertz CT molecular complexity index is 678. The lowest BCUT2D eigenvalue weighted by molar-refractivity contribution is 0.503. The summed E-state index contributed by atoms with van der Waals surface area (Å²) in [6, 6.07) is 8.35. The third kappa shape index (κ3) is 5.09. The van der Waals surface area contributed by atoms with Crippen molar-refractivity contribution in [3.8, 4) is 0 Å². The summed E-state index contributed by atoms with van der Waals surface area (Å²) in [4.78, 5) is 8.75. The minimum absolute atomic E-state index is 0.141. The first-order valence-electron chi connectivity index (χ1n) is 8.23. The largest absolute Gasteiger partial charge is 0.350 e. The third-order valence-electron chi connectivity index (χ3n) is 3.73. The van der Waals surface area contributed by atoms with Crippen LogP contribution in [0.2, 0.25) is 0 Å². The number of guanidine groups is 1. The van der Waals surface area contributed by atoms with Crippen molar-refractivity contribution in [1.82, 2.24) is 20.2 Å². The zero-order valence-electron chi connectivity index (χ0n) is 14.8. The van der Waals surface area contributed by atoms with Gasteiger partial charge < -0.3 is 15.2 Å². The summed E-state index contributed by atoms with van der Waals surface area (Å²) in [6.07, 6.45) is 3.87. The Morgan fingerprint density at radius 2 is 2.04 bits per heavy atom. The van der Waals surface area contributed by atoms with Crippen LogP contribution in [-0.4, -0.2) is 22.6 Å². The highest BCUT2D eigenvalue weighted by Crippen LogP contribution is 2.22. The molecule has 5 nitrogen and oxygen atoms in total. The van der Waals surface area contributed by atoms with Crippen molar-refractivity contribution in [1.29, 1.82) is 0 Å². The van der Waals surface area contributed by atoms with E-state index in [4.69, 9.17) is 0 Å². The molecule has 0 aliphatic rings. The molecule has 2 N–H and O–H groups in total. The van der Waals surface area contributed by atoms with Crippen LogP contribution in [0.3, 0.4) is 0 Å². The highest BCUT2D eigenvalue weighted by molar-refractivity contribution is 9.10. The number of hydrogen-bond donors (Lipinski definition) is 2. The second kappa shape index (κ2) is 8.87. The Labute approximate surface area is 152 Å². The molecule has 0 spiro atoms. The molecule has 0 aliphatic heterocycles. The van der Waals surface area contributed by atoms with Gasteiger partial charge in [0.2, 0.25) is 0 Å². The van der Waals surface area contributed by atoms with Gasteiger partial charge in [-0.1, -0.05) is 48.0 Å². The lowest BCUT2D eigenvalue weighted by atomic mass is 10.1. The normalized spacial score (nSPS) is 13.2. The molecular formula is C18H26BrN5. The highest BCUT2D eigenvalue weighted by Gasteiger charge is 2.11. The Morgan fingerprint density at radius 1 is 1.29 bits per heavy atom. The first-order chi connectivity index (χ1) is 11.5. The molecule has 0 aliphatic carbocycles. The molecule has 24 heavy (non-hydrogen) atoms. The summed E-state index contributed by atoms with van der Waals surface area (Å²) < 4.78 is 3.27. The topological polar surface area (TPSA) is 54.2 Å². The van der Waals surface area contributed by atoms with Crippen LogP contribution in [0.1, 0.15) is 38.2 Å². The summed E-state index contributed by atoms with van der Waals surface area (Å²) in [5, 5.41) is 6.76. The van der Waals surface area contributed by atoms with Crippen LogP contribution in [0.4, 0.5) is 0 Å². The van der Waals surface area contributed by atoms with Crippen molar-refractivity contribution in [3.63, 3.8) is 0 Å². The van der Waals surface area contributed by atoms with Gasteiger partial charge >= 0.3 is 0 Å². The summed E-state index contributed by atoms with van der Waals surface area (Å²) in [5.41, 5.74) is 1.20. The monoisotopic (exact) mass is 391 g/mol. The van der Waals surface area contributed by atoms with Crippen molar-refractivity contribution < 1.29 is 0 Å². The molecule has 0 radical (unpaired) electrons. The van der Waals surface area contributed by atoms with Crippen LogP contribution < -0.4 is 10.6 Å². The van der Waals surface area contributed by atoms with Crippen molar-refractivity contribution in [2.24, 2.45) is 10.9 Å². The number of hydrogen-bond acceptors (Lipinski definition) is 2. The Balaban J connectivity index is 1.96. The van der Waals surface area contributed by atoms with Crippen molar-refractivity contribution in [3.05, 3.63) is 52.5 Å². The molecule has 2 rings (SSSR count). The predicted octanol–water partition coefficient (Wildman–Crippen LogP) is 3.73. The quantitative estimate of drug-likeness (QED) is 0.582. The molecule has 1 heterocycles. The maximum Gasteiger partial charge on any atom is 0.191 e. The average molecular weight is 392 g/mol. The van der Waals surface area contributed by atoms with E-state index >= 15 is 0 Å². The van der Waals surface area contributed by atoms with Crippen molar-refractivity contribution in [2.75, 3.05) is 7.05 Å². The molecule has 0 amide bonds. The van der Waals surface area contributed by atoms with E-state index in [1.807, 2.05) is 30.6 Å². The summed E-state index contributed by atoms with van der Waals surface area (Å²) in [5.74, 6) is 2.36. The molecule has 6 heteroatoms. The number of rotatable bonds is 6. The summed E-state index contributed by atoms with van der Waals surface area (Å²) in [7, 11) is 1.78. The van der Waals surface area contributed by atoms with Crippen LogP contribution in [-0.2, 0) is 13.1 Å². The summed E-state index contributed by atoms with van der Waals surface area (Å²) >= 11 is 3.60. The van der Waals surface area contributed by atoms with E-state index in [0.717, 1.165) is 22.8 Å². The zero-order valence-corrected chi connectivity index (χ0v) is 16.3. The predicted molar refractivity (Wildman–Crippen MR) is 103 cm³/mol. The van der Waals surface area contributed by atoms with E-state index in [-0.39, 0.29) is 6.04 Å².